The Morgan fingerprint density at radius 3 is 2.90 bits per heavy atom. The second-order valence-electron chi connectivity index (χ2n) is 8.39. The molecule has 4 heterocycles. The van der Waals surface area contributed by atoms with Crippen LogP contribution in [0.2, 0.25) is 0 Å². The maximum Gasteiger partial charge on any atom is 0.258 e. The SMILES string of the molecule is CC(C)C[C@H](NC(=O)c1cc(-c2cccs2)c[n+]([O-])c1)C(=O)N1CC[C@H]2OCC(=O)[C@H]21. The number of pyridine rings is 1. The van der Waals surface area contributed by atoms with Crippen molar-refractivity contribution >= 4 is 28.9 Å². The number of ether oxygens (including phenoxy) is 1. The Hall–Kier alpha value is -2.78. The first-order chi connectivity index (χ1) is 14.8. The molecule has 2 amide bonds. The molecule has 0 bridgehead atoms. The summed E-state index contributed by atoms with van der Waals surface area (Å²) in [6, 6.07) is 4.04. The number of amides is 2. The van der Waals surface area contributed by atoms with Gasteiger partial charge >= 0.3 is 0 Å². The highest BCUT2D eigenvalue weighted by molar-refractivity contribution is 7.13. The monoisotopic (exact) mass is 443 g/mol. The molecule has 8 nitrogen and oxygen atoms in total. The fraction of sp³-hybridized carbons (Fsp3) is 0.455. The van der Waals surface area contributed by atoms with Gasteiger partial charge in [-0.1, -0.05) is 19.9 Å². The molecular weight excluding hydrogens is 418 g/mol. The summed E-state index contributed by atoms with van der Waals surface area (Å²) < 4.78 is 6.08. The summed E-state index contributed by atoms with van der Waals surface area (Å²) in [5, 5.41) is 16.8. The molecule has 2 saturated heterocycles. The average molecular weight is 444 g/mol. The van der Waals surface area contributed by atoms with Gasteiger partial charge in [-0.2, -0.15) is 4.73 Å². The number of thiophene rings is 1. The van der Waals surface area contributed by atoms with E-state index in [1.165, 1.54) is 23.7 Å². The van der Waals surface area contributed by atoms with Gasteiger partial charge in [-0.25, -0.2) is 0 Å². The lowest BCUT2D eigenvalue weighted by molar-refractivity contribution is -0.604. The molecule has 1 N–H and O–H groups in total. The molecule has 2 aromatic rings. The van der Waals surface area contributed by atoms with E-state index in [1.54, 1.807) is 11.0 Å². The normalized spacial score (nSPS) is 21.4. The molecule has 3 atom stereocenters. The van der Waals surface area contributed by atoms with Crippen molar-refractivity contribution in [2.75, 3.05) is 13.2 Å². The van der Waals surface area contributed by atoms with Crippen molar-refractivity contribution in [2.24, 2.45) is 5.92 Å². The van der Waals surface area contributed by atoms with E-state index < -0.39 is 18.0 Å². The smallest absolute Gasteiger partial charge is 0.258 e. The topological polar surface area (TPSA) is 103 Å². The molecule has 9 heteroatoms. The van der Waals surface area contributed by atoms with Gasteiger partial charge in [0, 0.05) is 11.4 Å². The van der Waals surface area contributed by atoms with Crippen molar-refractivity contribution < 1.29 is 23.9 Å². The molecule has 2 aliphatic rings. The number of nitrogens with one attached hydrogen (secondary N) is 1. The van der Waals surface area contributed by atoms with E-state index in [2.05, 4.69) is 5.32 Å². The van der Waals surface area contributed by atoms with Crippen molar-refractivity contribution in [3.05, 3.63) is 46.7 Å². The largest absolute Gasteiger partial charge is 0.619 e. The fourth-order valence-corrected chi connectivity index (χ4v) is 4.94. The second kappa shape index (κ2) is 8.76. The zero-order valence-electron chi connectivity index (χ0n) is 17.4. The van der Waals surface area contributed by atoms with Gasteiger partial charge in [-0.3, -0.25) is 14.4 Å². The molecule has 4 rings (SSSR count). The van der Waals surface area contributed by atoms with Gasteiger partial charge in [-0.15, -0.1) is 11.3 Å². The maximum atomic E-state index is 13.3. The van der Waals surface area contributed by atoms with Gasteiger partial charge < -0.3 is 20.2 Å². The van der Waals surface area contributed by atoms with E-state index in [9.17, 15) is 19.6 Å². The first-order valence-electron chi connectivity index (χ1n) is 10.4. The first kappa shape index (κ1) is 21.5. The van der Waals surface area contributed by atoms with E-state index in [-0.39, 0.29) is 35.9 Å². The summed E-state index contributed by atoms with van der Waals surface area (Å²) in [5.74, 6) is -0.726. The van der Waals surface area contributed by atoms with Gasteiger partial charge in [0.15, 0.2) is 18.2 Å². The number of Topliss-reactive ketones (excluding diaryl/α,β-unsaturated/α-hetero) is 1. The molecule has 0 unspecified atom stereocenters. The molecule has 31 heavy (non-hydrogen) atoms. The third kappa shape index (κ3) is 4.47. The van der Waals surface area contributed by atoms with Crippen LogP contribution in [0.1, 0.15) is 37.0 Å². The molecule has 0 aliphatic carbocycles. The number of aromatic nitrogens is 1. The van der Waals surface area contributed by atoms with Gasteiger partial charge in [-0.05, 0) is 36.3 Å². The second-order valence-corrected chi connectivity index (χ2v) is 9.33. The predicted molar refractivity (Wildman–Crippen MR) is 114 cm³/mol. The molecule has 0 saturated carbocycles. The highest BCUT2D eigenvalue weighted by Crippen LogP contribution is 2.28. The molecule has 2 aliphatic heterocycles. The van der Waals surface area contributed by atoms with Gasteiger partial charge in [0.25, 0.3) is 5.91 Å². The van der Waals surface area contributed by atoms with Gasteiger partial charge in [0.05, 0.1) is 11.7 Å². The number of hydrogen-bond donors (Lipinski definition) is 1. The van der Waals surface area contributed by atoms with E-state index >= 15 is 0 Å². The number of ketones is 1. The summed E-state index contributed by atoms with van der Waals surface area (Å²) in [4.78, 5) is 40.9. The number of hydrogen-bond acceptors (Lipinski definition) is 6. The van der Waals surface area contributed by atoms with Gasteiger partial charge in [0.2, 0.25) is 5.91 Å². The number of nitrogens with zero attached hydrogens (tertiary/aromatic N) is 2. The lowest BCUT2D eigenvalue weighted by Crippen LogP contribution is -2.52. The minimum absolute atomic E-state index is 0.0271. The molecule has 2 aromatic heterocycles. The third-order valence-electron chi connectivity index (χ3n) is 5.62. The minimum Gasteiger partial charge on any atom is -0.619 e. The van der Waals surface area contributed by atoms with Crippen molar-refractivity contribution in [1.29, 1.82) is 0 Å². The van der Waals surface area contributed by atoms with Crippen LogP contribution in [0.25, 0.3) is 10.4 Å². The quantitative estimate of drug-likeness (QED) is 0.541. The Kier molecular flexibility index (Phi) is 6.06. The van der Waals surface area contributed by atoms with Crippen LogP contribution in [0.5, 0.6) is 0 Å². The summed E-state index contributed by atoms with van der Waals surface area (Å²) in [7, 11) is 0. The van der Waals surface area contributed by atoms with Crippen LogP contribution >= 0.6 is 11.3 Å². The van der Waals surface area contributed by atoms with Crippen LogP contribution in [-0.2, 0) is 14.3 Å². The van der Waals surface area contributed by atoms with Crippen molar-refractivity contribution in [3.63, 3.8) is 0 Å². The Morgan fingerprint density at radius 2 is 2.19 bits per heavy atom. The summed E-state index contributed by atoms with van der Waals surface area (Å²) in [5.41, 5.74) is 0.822. The molecule has 0 aromatic carbocycles. The van der Waals surface area contributed by atoms with E-state index in [4.69, 9.17) is 4.74 Å². The summed E-state index contributed by atoms with van der Waals surface area (Å²) in [6.45, 7) is 4.39. The van der Waals surface area contributed by atoms with Gasteiger partial charge in [0.1, 0.15) is 24.3 Å². The molecule has 2 fully saturated rings. The van der Waals surface area contributed by atoms with Crippen LogP contribution in [0.4, 0.5) is 0 Å². The predicted octanol–water partition coefficient (Wildman–Crippen LogP) is 1.76. The van der Waals surface area contributed by atoms with E-state index in [1.807, 2.05) is 31.4 Å². The standard InChI is InChI=1S/C22H25N3O5S/c1-13(2)8-16(22(28)25-6-5-18-20(25)17(26)12-30-18)23-21(27)15-9-14(10-24(29)11-15)19-4-3-7-31-19/h3-4,7,9-11,13,16,18,20H,5-6,8,12H2,1-2H3,(H,23,27)/t16-,18+,20+/m0/s1. The molecular formula is C22H25N3O5S. The number of carbonyl (C=O) groups excluding carboxylic acids is 3. The third-order valence-corrected chi connectivity index (χ3v) is 6.54. The van der Waals surface area contributed by atoms with Crippen LogP contribution in [0.15, 0.2) is 36.0 Å². The molecule has 164 valence electrons. The average Bonchev–Trinajstić information content (AvgIpc) is 3.46. The van der Waals surface area contributed by atoms with Crippen LogP contribution in [0, 0.1) is 11.1 Å². The highest BCUT2D eigenvalue weighted by atomic mass is 32.1. The number of likely N-dealkylation sites (tertiary alicyclic amines) is 1. The maximum absolute atomic E-state index is 13.3. The minimum atomic E-state index is -0.787. The summed E-state index contributed by atoms with van der Waals surface area (Å²) in [6.07, 6.45) is 3.40. The first-order valence-corrected chi connectivity index (χ1v) is 11.2. The zero-order chi connectivity index (χ0) is 22.1. The number of carbonyl (C=O) groups is 3. The van der Waals surface area contributed by atoms with Crippen molar-refractivity contribution in [2.45, 2.75) is 44.9 Å². The van der Waals surface area contributed by atoms with E-state index in [0.29, 0.717) is 29.7 Å². The Morgan fingerprint density at radius 1 is 1.39 bits per heavy atom. The molecule has 0 radical (unpaired) electrons. The fourth-order valence-electron chi connectivity index (χ4n) is 4.23. The van der Waals surface area contributed by atoms with E-state index in [0.717, 1.165) is 4.88 Å². The summed E-state index contributed by atoms with van der Waals surface area (Å²) >= 11 is 1.47. The van der Waals surface area contributed by atoms with Crippen LogP contribution in [0.3, 0.4) is 0 Å². The Balaban J connectivity index is 1.55. The van der Waals surface area contributed by atoms with Crippen molar-refractivity contribution in [1.82, 2.24) is 10.2 Å². The molecule has 0 spiro atoms. The lowest BCUT2D eigenvalue weighted by Gasteiger charge is -2.28. The Labute approximate surface area is 184 Å². The Bertz CT molecular complexity index is 991. The highest BCUT2D eigenvalue weighted by Gasteiger charge is 2.48. The lowest BCUT2D eigenvalue weighted by atomic mass is 10.0. The van der Waals surface area contributed by atoms with Crippen LogP contribution < -0.4 is 10.0 Å². The zero-order valence-corrected chi connectivity index (χ0v) is 18.3. The number of rotatable bonds is 6. The van der Waals surface area contributed by atoms with Crippen LogP contribution in [-0.4, -0.2) is 53.8 Å². The van der Waals surface area contributed by atoms with Crippen molar-refractivity contribution in [3.8, 4) is 10.4 Å². The number of fused-ring (bicyclic) bond motifs is 1.